The molecule has 1 aliphatic heterocycles. The molecule has 1 N–H and O–H groups in total. The van der Waals surface area contributed by atoms with E-state index in [1.54, 1.807) is 0 Å². The van der Waals surface area contributed by atoms with E-state index in [2.05, 4.69) is 19.2 Å². The van der Waals surface area contributed by atoms with Gasteiger partial charge in [-0.3, -0.25) is 10.1 Å². The predicted octanol–water partition coefficient (Wildman–Crippen LogP) is 1.25. The van der Waals surface area contributed by atoms with Crippen LogP contribution in [0.25, 0.3) is 0 Å². The Balaban J connectivity index is 2.69. The molecule has 0 aromatic heterocycles. The first-order valence-corrected chi connectivity index (χ1v) is 9.42. The summed E-state index contributed by atoms with van der Waals surface area (Å²) in [7, 11) is -2.96. The summed E-state index contributed by atoms with van der Waals surface area (Å²) in [6.45, 7) is 8.83. The van der Waals surface area contributed by atoms with Crippen LogP contribution in [0.2, 0.25) is 0 Å². The first-order chi connectivity index (χ1) is 9.11. The van der Waals surface area contributed by atoms with Crippen molar-refractivity contribution in [2.45, 2.75) is 52.7 Å². The molecule has 2 unspecified atom stereocenters. The zero-order chi connectivity index (χ0) is 15.5. The van der Waals surface area contributed by atoms with Gasteiger partial charge in [-0.15, -0.1) is 0 Å². The Morgan fingerprint density at radius 3 is 2.30 bits per heavy atom. The summed E-state index contributed by atoms with van der Waals surface area (Å²) in [5.74, 6) is 0.984. The summed E-state index contributed by atoms with van der Waals surface area (Å²) in [5, 5.41) is 3.40. The Hall–Kier alpha value is -0.620. The molecule has 1 fully saturated rings. The van der Waals surface area contributed by atoms with Gasteiger partial charge in [0.15, 0.2) is 0 Å². The van der Waals surface area contributed by atoms with E-state index in [0.29, 0.717) is 18.9 Å². The lowest BCUT2D eigenvalue weighted by atomic mass is 10.0. The third-order valence-corrected chi connectivity index (χ3v) is 4.60. The highest BCUT2D eigenvalue weighted by atomic mass is 32.2. The molecule has 1 amide bonds. The number of nitrogens with one attached hydrogen (secondary N) is 1. The first kappa shape index (κ1) is 17.4. The highest BCUT2D eigenvalue weighted by Gasteiger charge is 2.39. The van der Waals surface area contributed by atoms with E-state index in [0.717, 1.165) is 6.42 Å². The lowest BCUT2D eigenvalue weighted by Crippen LogP contribution is -2.39. The van der Waals surface area contributed by atoms with Crippen molar-refractivity contribution in [1.82, 2.24) is 10.2 Å². The molecule has 0 spiro atoms. The van der Waals surface area contributed by atoms with Gasteiger partial charge in [0.1, 0.15) is 9.84 Å². The van der Waals surface area contributed by atoms with E-state index in [-0.39, 0.29) is 29.8 Å². The average molecular weight is 304 g/mol. The Bertz CT molecular complexity index is 432. The van der Waals surface area contributed by atoms with Crippen LogP contribution in [-0.2, 0) is 14.6 Å². The second-order valence-corrected chi connectivity index (χ2v) is 8.81. The lowest BCUT2D eigenvalue weighted by Gasteiger charge is -2.25. The van der Waals surface area contributed by atoms with Crippen LogP contribution in [0.1, 0.15) is 40.5 Å². The highest BCUT2D eigenvalue weighted by molar-refractivity contribution is 7.90. The molecular weight excluding hydrogens is 276 g/mol. The molecule has 0 radical (unpaired) electrons. The third kappa shape index (κ3) is 5.05. The van der Waals surface area contributed by atoms with Crippen molar-refractivity contribution in [3.8, 4) is 0 Å². The SMILES string of the molecule is CC(C)CC1NC(C(C)C)C(=O)N1CCCS(C)(=O)=O. The summed E-state index contributed by atoms with van der Waals surface area (Å²) in [4.78, 5) is 14.2. The van der Waals surface area contributed by atoms with Gasteiger partial charge in [-0.25, -0.2) is 8.42 Å². The molecule has 0 aliphatic carbocycles. The fourth-order valence-electron chi connectivity index (χ4n) is 2.58. The molecule has 1 heterocycles. The number of hydrogen-bond acceptors (Lipinski definition) is 4. The van der Waals surface area contributed by atoms with E-state index in [1.165, 1.54) is 6.26 Å². The third-order valence-electron chi connectivity index (χ3n) is 3.57. The number of nitrogens with zero attached hydrogens (tertiary/aromatic N) is 1. The van der Waals surface area contributed by atoms with Crippen LogP contribution in [-0.4, -0.2) is 50.0 Å². The molecule has 0 bridgehead atoms. The van der Waals surface area contributed by atoms with Crippen LogP contribution >= 0.6 is 0 Å². The smallest absolute Gasteiger partial charge is 0.241 e. The number of amides is 1. The zero-order valence-corrected chi connectivity index (χ0v) is 14.0. The molecule has 1 aliphatic rings. The summed E-state index contributed by atoms with van der Waals surface area (Å²) < 4.78 is 22.4. The molecule has 6 heteroatoms. The zero-order valence-electron chi connectivity index (χ0n) is 13.2. The molecule has 118 valence electrons. The van der Waals surface area contributed by atoms with E-state index < -0.39 is 9.84 Å². The summed E-state index contributed by atoms with van der Waals surface area (Å²) in [5.41, 5.74) is 0. The molecular formula is C14H28N2O3S. The van der Waals surface area contributed by atoms with E-state index >= 15 is 0 Å². The van der Waals surface area contributed by atoms with Gasteiger partial charge in [0.25, 0.3) is 0 Å². The molecule has 0 saturated carbocycles. The van der Waals surface area contributed by atoms with Gasteiger partial charge in [-0.1, -0.05) is 27.7 Å². The Kier molecular flexibility index (Phi) is 6.01. The van der Waals surface area contributed by atoms with Crippen LogP contribution in [0, 0.1) is 11.8 Å². The first-order valence-electron chi connectivity index (χ1n) is 7.36. The van der Waals surface area contributed by atoms with Crippen molar-refractivity contribution in [3.05, 3.63) is 0 Å². The van der Waals surface area contributed by atoms with Crippen LogP contribution < -0.4 is 5.32 Å². The van der Waals surface area contributed by atoms with Crippen molar-refractivity contribution in [3.63, 3.8) is 0 Å². The highest BCUT2D eigenvalue weighted by Crippen LogP contribution is 2.21. The van der Waals surface area contributed by atoms with Gasteiger partial charge in [0.2, 0.25) is 5.91 Å². The second-order valence-electron chi connectivity index (χ2n) is 6.55. The van der Waals surface area contributed by atoms with E-state index in [4.69, 9.17) is 0 Å². The van der Waals surface area contributed by atoms with Gasteiger partial charge < -0.3 is 4.90 Å². The molecule has 2 atom stereocenters. The lowest BCUT2D eigenvalue weighted by molar-refractivity contribution is -0.130. The number of hydrogen-bond donors (Lipinski definition) is 1. The summed E-state index contributed by atoms with van der Waals surface area (Å²) >= 11 is 0. The fourth-order valence-corrected chi connectivity index (χ4v) is 3.24. The van der Waals surface area contributed by atoms with Crippen molar-refractivity contribution in [2.75, 3.05) is 18.6 Å². The predicted molar refractivity (Wildman–Crippen MR) is 81.0 cm³/mol. The standard InChI is InChI=1S/C14H28N2O3S/c1-10(2)9-12-15-13(11(3)4)14(17)16(12)7-6-8-20(5,18)19/h10-13,15H,6-9H2,1-5H3. The minimum atomic E-state index is -2.96. The summed E-state index contributed by atoms with van der Waals surface area (Å²) in [6.07, 6.45) is 2.67. The molecule has 0 aromatic carbocycles. The monoisotopic (exact) mass is 304 g/mol. The van der Waals surface area contributed by atoms with Gasteiger partial charge in [-0.05, 0) is 24.7 Å². The van der Waals surface area contributed by atoms with Crippen LogP contribution in [0.3, 0.4) is 0 Å². The number of carbonyl (C=O) groups is 1. The van der Waals surface area contributed by atoms with E-state index in [1.807, 2.05) is 18.7 Å². The van der Waals surface area contributed by atoms with Gasteiger partial charge >= 0.3 is 0 Å². The maximum absolute atomic E-state index is 12.4. The Labute approximate surface area is 123 Å². The van der Waals surface area contributed by atoms with Gasteiger partial charge in [0.05, 0.1) is 18.0 Å². The topological polar surface area (TPSA) is 66.5 Å². The molecule has 0 aromatic rings. The van der Waals surface area contributed by atoms with Crippen LogP contribution in [0.5, 0.6) is 0 Å². The minimum absolute atomic E-state index is 0.0365. The van der Waals surface area contributed by atoms with Crippen molar-refractivity contribution < 1.29 is 13.2 Å². The van der Waals surface area contributed by atoms with Crippen molar-refractivity contribution in [2.24, 2.45) is 11.8 Å². The minimum Gasteiger partial charge on any atom is -0.326 e. The molecule has 5 nitrogen and oxygen atoms in total. The van der Waals surface area contributed by atoms with Crippen LogP contribution in [0.4, 0.5) is 0 Å². The van der Waals surface area contributed by atoms with Crippen LogP contribution in [0.15, 0.2) is 0 Å². The molecule has 1 saturated heterocycles. The normalized spacial score (nSPS) is 24.1. The Morgan fingerprint density at radius 1 is 1.25 bits per heavy atom. The fraction of sp³-hybridized carbons (Fsp3) is 0.929. The van der Waals surface area contributed by atoms with Crippen molar-refractivity contribution >= 4 is 15.7 Å². The molecule has 1 rings (SSSR count). The van der Waals surface area contributed by atoms with Gasteiger partial charge in [0, 0.05) is 12.8 Å². The summed E-state index contributed by atoms with van der Waals surface area (Å²) in [6, 6.07) is -0.142. The second kappa shape index (κ2) is 6.89. The average Bonchev–Trinajstić information content (AvgIpc) is 2.55. The maximum Gasteiger partial charge on any atom is 0.241 e. The number of carbonyl (C=O) groups excluding carboxylic acids is 1. The van der Waals surface area contributed by atoms with Crippen molar-refractivity contribution in [1.29, 1.82) is 0 Å². The maximum atomic E-state index is 12.4. The Morgan fingerprint density at radius 2 is 1.85 bits per heavy atom. The molecule has 20 heavy (non-hydrogen) atoms. The quantitative estimate of drug-likeness (QED) is 0.769. The number of sulfone groups is 1. The van der Waals surface area contributed by atoms with E-state index in [9.17, 15) is 13.2 Å². The number of rotatable bonds is 7. The van der Waals surface area contributed by atoms with Gasteiger partial charge in [-0.2, -0.15) is 0 Å². The largest absolute Gasteiger partial charge is 0.326 e.